The fraction of sp³-hybridized carbons (Fsp3) is 0.0714. The molecule has 0 aliphatic carbocycles. The van der Waals surface area contributed by atoms with Gasteiger partial charge < -0.3 is 0 Å². The first-order valence-electron chi connectivity index (χ1n) is 6.13. The van der Waals surface area contributed by atoms with Crippen molar-refractivity contribution in [2.75, 3.05) is 7.05 Å². The lowest BCUT2D eigenvalue weighted by atomic mass is 10.2. The highest BCUT2D eigenvalue weighted by atomic mass is 35.5. The Labute approximate surface area is 138 Å². The lowest BCUT2D eigenvalue weighted by Gasteiger charge is -2.19. The van der Waals surface area contributed by atoms with Gasteiger partial charge in [-0.05, 0) is 24.3 Å². The van der Waals surface area contributed by atoms with Gasteiger partial charge >= 0.3 is 0 Å². The third-order valence-electron chi connectivity index (χ3n) is 2.85. The molecule has 0 bridgehead atoms. The molecule has 22 heavy (non-hydrogen) atoms. The molecule has 2 aromatic carbocycles. The number of carbonyl (C=O) groups excluding carboxylic acids is 1. The van der Waals surface area contributed by atoms with Crippen LogP contribution in [-0.2, 0) is 10.0 Å². The zero-order valence-electron chi connectivity index (χ0n) is 11.5. The molecule has 0 heterocycles. The monoisotopic (exact) mass is 358 g/mol. The molecular formula is C14H12Cl2N2O3S. The van der Waals surface area contributed by atoms with E-state index in [9.17, 15) is 13.2 Å². The van der Waals surface area contributed by atoms with Crippen molar-refractivity contribution in [3.05, 3.63) is 64.1 Å². The quantitative estimate of drug-likeness (QED) is 0.854. The number of hydrazine groups is 1. The molecule has 0 radical (unpaired) electrons. The maximum atomic E-state index is 12.3. The molecule has 0 aliphatic heterocycles. The molecule has 1 amide bonds. The van der Waals surface area contributed by atoms with E-state index in [-0.39, 0.29) is 20.5 Å². The van der Waals surface area contributed by atoms with Crippen molar-refractivity contribution in [1.82, 2.24) is 9.84 Å². The number of nitrogens with one attached hydrogen (secondary N) is 1. The summed E-state index contributed by atoms with van der Waals surface area (Å²) in [6.07, 6.45) is 0. The number of carbonyl (C=O) groups is 1. The van der Waals surface area contributed by atoms with Crippen molar-refractivity contribution in [3.8, 4) is 0 Å². The van der Waals surface area contributed by atoms with E-state index in [1.54, 1.807) is 24.3 Å². The molecule has 2 aromatic rings. The van der Waals surface area contributed by atoms with Crippen LogP contribution in [0, 0.1) is 0 Å². The third kappa shape index (κ3) is 3.41. The molecule has 116 valence electrons. The Morgan fingerprint density at radius 2 is 1.55 bits per heavy atom. The van der Waals surface area contributed by atoms with Crippen molar-refractivity contribution in [2.24, 2.45) is 0 Å². The van der Waals surface area contributed by atoms with Crippen LogP contribution in [0.15, 0.2) is 53.4 Å². The fourth-order valence-corrected chi connectivity index (χ4v) is 3.31. The maximum Gasteiger partial charge on any atom is 0.269 e. The Morgan fingerprint density at radius 1 is 1.00 bits per heavy atom. The van der Waals surface area contributed by atoms with E-state index in [0.717, 1.165) is 4.41 Å². The summed E-state index contributed by atoms with van der Waals surface area (Å²) in [5.41, 5.74) is 2.27. The fourth-order valence-electron chi connectivity index (χ4n) is 1.72. The van der Waals surface area contributed by atoms with Gasteiger partial charge in [0.2, 0.25) is 0 Å². The smallest absolute Gasteiger partial charge is 0.269 e. The molecule has 0 atom stereocenters. The summed E-state index contributed by atoms with van der Waals surface area (Å²) in [6.45, 7) is 0. The van der Waals surface area contributed by atoms with Crippen LogP contribution in [0.4, 0.5) is 0 Å². The van der Waals surface area contributed by atoms with Gasteiger partial charge in [0.1, 0.15) is 0 Å². The van der Waals surface area contributed by atoms with Crippen LogP contribution in [0.5, 0.6) is 0 Å². The second-order valence-electron chi connectivity index (χ2n) is 4.32. The topological polar surface area (TPSA) is 66.5 Å². The Kier molecular flexibility index (Phi) is 5.08. The van der Waals surface area contributed by atoms with Crippen LogP contribution in [0.2, 0.25) is 10.0 Å². The average molecular weight is 359 g/mol. The number of sulfonamides is 1. The molecule has 0 saturated carbocycles. The van der Waals surface area contributed by atoms with Crippen LogP contribution in [0.1, 0.15) is 10.4 Å². The van der Waals surface area contributed by atoms with Gasteiger partial charge in [-0.15, -0.1) is 4.41 Å². The Balaban J connectivity index is 2.26. The summed E-state index contributed by atoms with van der Waals surface area (Å²) in [4.78, 5) is 12.2. The average Bonchev–Trinajstić information content (AvgIpc) is 2.47. The summed E-state index contributed by atoms with van der Waals surface area (Å²) in [5, 5.41) is 0.269. The van der Waals surface area contributed by atoms with Gasteiger partial charge in [0, 0.05) is 7.05 Å². The standard InChI is InChI=1S/C14H12Cl2N2O3S/c1-18(22(20,21)10-6-3-2-4-7-10)17-14(19)13-11(15)8-5-9-12(13)16/h2-9H,1H3,(H,17,19). The van der Waals surface area contributed by atoms with Gasteiger partial charge in [-0.2, -0.15) is 0 Å². The minimum absolute atomic E-state index is 0.0148. The lowest BCUT2D eigenvalue weighted by Crippen LogP contribution is -2.43. The summed E-state index contributed by atoms with van der Waals surface area (Å²) >= 11 is 11.9. The first-order chi connectivity index (χ1) is 10.3. The van der Waals surface area contributed by atoms with Crippen molar-refractivity contribution >= 4 is 39.1 Å². The molecule has 0 spiro atoms. The van der Waals surface area contributed by atoms with Gasteiger partial charge in [-0.3, -0.25) is 10.2 Å². The van der Waals surface area contributed by atoms with Gasteiger partial charge in [0.25, 0.3) is 15.9 Å². The van der Waals surface area contributed by atoms with Gasteiger partial charge in [0.05, 0.1) is 20.5 Å². The number of amides is 1. The summed E-state index contributed by atoms with van der Waals surface area (Å²) in [6, 6.07) is 12.3. The molecule has 0 fully saturated rings. The van der Waals surface area contributed by atoms with Crippen molar-refractivity contribution in [2.45, 2.75) is 4.90 Å². The molecule has 5 nitrogen and oxygen atoms in total. The van der Waals surface area contributed by atoms with Crippen LogP contribution in [0.3, 0.4) is 0 Å². The largest absolute Gasteiger partial charge is 0.271 e. The van der Waals surface area contributed by atoms with E-state index < -0.39 is 15.9 Å². The summed E-state index contributed by atoms with van der Waals surface area (Å²) < 4.78 is 25.4. The van der Waals surface area contributed by atoms with Gasteiger partial charge in [-0.25, -0.2) is 8.42 Å². The van der Waals surface area contributed by atoms with Crippen molar-refractivity contribution in [1.29, 1.82) is 0 Å². The number of hydrogen-bond acceptors (Lipinski definition) is 3. The van der Waals surface area contributed by atoms with E-state index in [2.05, 4.69) is 5.43 Å². The minimum Gasteiger partial charge on any atom is -0.271 e. The minimum atomic E-state index is -3.85. The highest BCUT2D eigenvalue weighted by Crippen LogP contribution is 2.24. The Bertz CT molecular complexity index is 775. The molecule has 0 saturated heterocycles. The highest BCUT2D eigenvalue weighted by molar-refractivity contribution is 7.89. The molecule has 8 heteroatoms. The lowest BCUT2D eigenvalue weighted by molar-refractivity contribution is 0.0894. The zero-order chi connectivity index (χ0) is 16.3. The number of halogens is 2. The van der Waals surface area contributed by atoms with Crippen LogP contribution in [0.25, 0.3) is 0 Å². The first kappa shape index (κ1) is 16.8. The molecule has 0 unspecified atom stereocenters. The second kappa shape index (κ2) is 6.66. The van der Waals surface area contributed by atoms with E-state index in [4.69, 9.17) is 23.2 Å². The molecule has 0 aliphatic rings. The van der Waals surface area contributed by atoms with Crippen LogP contribution >= 0.6 is 23.2 Å². The molecule has 0 aromatic heterocycles. The predicted molar refractivity (Wildman–Crippen MR) is 85.3 cm³/mol. The SMILES string of the molecule is CN(NC(=O)c1c(Cl)cccc1Cl)S(=O)(=O)c1ccccc1. The number of nitrogens with zero attached hydrogens (tertiary/aromatic N) is 1. The van der Waals surface area contributed by atoms with Gasteiger partial charge in [0.15, 0.2) is 0 Å². The maximum absolute atomic E-state index is 12.3. The van der Waals surface area contributed by atoms with E-state index in [1.807, 2.05) is 0 Å². The number of rotatable bonds is 4. The number of hydrogen-bond donors (Lipinski definition) is 1. The zero-order valence-corrected chi connectivity index (χ0v) is 13.8. The molecule has 2 rings (SSSR count). The summed E-state index contributed by atoms with van der Waals surface area (Å²) in [5.74, 6) is -0.711. The first-order valence-corrected chi connectivity index (χ1v) is 8.32. The highest BCUT2D eigenvalue weighted by Gasteiger charge is 2.24. The molecular weight excluding hydrogens is 347 g/mol. The van der Waals surface area contributed by atoms with Gasteiger partial charge in [-0.1, -0.05) is 47.5 Å². The Hall–Kier alpha value is -1.60. The third-order valence-corrected chi connectivity index (χ3v) is 5.16. The van der Waals surface area contributed by atoms with Crippen LogP contribution in [-0.4, -0.2) is 25.8 Å². The van der Waals surface area contributed by atoms with E-state index in [0.29, 0.717) is 0 Å². The molecule has 1 N–H and O–H groups in total. The summed E-state index contributed by atoms with van der Waals surface area (Å²) in [7, 11) is -2.63. The predicted octanol–water partition coefficient (Wildman–Crippen LogP) is 2.96. The van der Waals surface area contributed by atoms with Crippen molar-refractivity contribution < 1.29 is 13.2 Å². The van der Waals surface area contributed by atoms with E-state index >= 15 is 0 Å². The second-order valence-corrected chi connectivity index (χ2v) is 7.11. The van der Waals surface area contributed by atoms with Crippen LogP contribution < -0.4 is 5.43 Å². The van der Waals surface area contributed by atoms with Crippen molar-refractivity contribution in [3.63, 3.8) is 0 Å². The Morgan fingerprint density at radius 3 is 2.09 bits per heavy atom. The normalized spacial score (nSPS) is 11.5. The number of benzene rings is 2. The van der Waals surface area contributed by atoms with E-state index in [1.165, 1.54) is 31.3 Å².